The van der Waals surface area contributed by atoms with Gasteiger partial charge in [-0.1, -0.05) is 36.4 Å². The van der Waals surface area contributed by atoms with Gasteiger partial charge in [0.15, 0.2) is 11.5 Å². The Hall–Kier alpha value is -3.09. The summed E-state index contributed by atoms with van der Waals surface area (Å²) in [5.74, 6) is -1.07. The van der Waals surface area contributed by atoms with Crippen molar-refractivity contribution in [2.75, 3.05) is 0 Å². The molecular weight excluding hydrogens is 374 g/mol. The van der Waals surface area contributed by atoms with Crippen LogP contribution in [0.2, 0.25) is 0 Å². The molecule has 7 heteroatoms. The van der Waals surface area contributed by atoms with E-state index >= 15 is 0 Å². The van der Waals surface area contributed by atoms with Crippen molar-refractivity contribution in [1.29, 1.82) is 0 Å². The second-order valence-electron chi connectivity index (χ2n) is 5.99. The van der Waals surface area contributed by atoms with E-state index in [0.717, 1.165) is 11.1 Å². The summed E-state index contributed by atoms with van der Waals surface area (Å²) < 4.78 is 59.4. The Morgan fingerprint density at radius 2 is 1.36 bits per heavy atom. The predicted octanol–water partition coefficient (Wildman–Crippen LogP) is 5.66. The number of aromatic nitrogens is 1. The number of rotatable bonds is 8. The maximum Gasteiger partial charge on any atom is 0.387 e. The molecule has 3 rings (SSSR count). The minimum absolute atomic E-state index is 0.204. The summed E-state index contributed by atoms with van der Waals surface area (Å²) in [5.41, 5.74) is 2.58. The molecule has 1 aromatic heterocycles. The van der Waals surface area contributed by atoms with E-state index < -0.39 is 24.7 Å². The molecule has 0 saturated heterocycles. The van der Waals surface area contributed by atoms with E-state index in [1.165, 1.54) is 12.1 Å². The number of nitrogens with zero attached hydrogens (tertiary/aromatic N) is 1. The molecular formula is C21H17F4NO2. The minimum atomic E-state index is -3.16. The van der Waals surface area contributed by atoms with Crippen LogP contribution in [0.3, 0.4) is 0 Å². The Labute approximate surface area is 159 Å². The molecule has 2 aromatic carbocycles. The SMILES string of the molecule is FC(F)Oc1ccc([C@@H](Cc2ccncc2)c2ccccc2)cc1OC(F)F. The quantitative estimate of drug-likeness (QED) is 0.465. The first-order chi connectivity index (χ1) is 13.5. The fraction of sp³-hybridized carbons (Fsp3) is 0.190. The van der Waals surface area contributed by atoms with Crippen molar-refractivity contribution in [3.8, 4) is 11.5 Å². The van der Waals surface area contributed by atoms with Crippen LogP contribution >= 0.6 is 0 Å². The standard InChI is InChI=1S/C21H17F4NO2/c22-20(23)27-18-7-6-16(13-19(18)28-21(24)25)17(15-4-2-1-3-5-15)12-14-8-10-26-11-9-14/h1-11,13,17,20-21H,12H2/t17-/m0/s1. The van der Waals surface area contributed by atoms with E-state index in [1.54, 1.807) is 18.5 Å². The van der Waals surface area contributed by atoms with E-state index in [-0.39, 0.29) is 5.92 Å². The predicted molar refractivity (Wildman–Crippen MR) is 95.9 cm³/mol. The van der Waals surface area contributed by atoms with Crippen molar-refractivity contribution in [2.24, 2.45) is 0 Å². The lowest BCUT2D eigenvalue weighted by Crippen LogP contribution is -2.10. The number of ether oxygens (including phenoxy) is 2. The molecule has 146 valence electrons. The van der Waals surface area contributed by atoms with Gasteiger partial charge in [-0.15, -0.1) is 0 Å². The monoisotopic (exact) mass is 391 g/mol. The Balaban J connectivity index is 2.01. The second kappa shape index (κ2) is 9.21. The molecule has 28 heavy (non-hydrogen) atoms. The van der Waals surface area contributed by atoms with Gasteiger partial charge in [-0.25, -0.2) is 0 Å². The van der Waals surface area contributed by atoms with Gasteiger partial charge in [0.1, 0.15) is 0 Å². The zero-order chi connectivity index (χ0) is 19.9. The van der Waals surface area contributed by atoms with Crippen molar-refractivity contribution in [3.05, 3.63) is 89.7 Å². The molecule has 0 unspecified atom stereocenters. The van der Waals surface area contributed by atoms with E-state index in [1.807, 2.05) is 42.5 Å². The maximum absolute atomic E-state index is 12.8. The Morgan fingerprint density at radius 1 is 0.714 bits per heavy atom. The first kappa shape index (κ1) is 19.7. The highest BCUT2D eigenvalue weighted by molar-refractivity contribution is 5.47. The van der Waals surface area contributed by atoms with Gasteiger partial charge in [0.2, 0.25) is 0 Å². The molecule has 0 fully saturated rings. The topological polar surface area (TPSA) is 31.4 Å². The van der Waals surface area contributed by atoms with Crippen LogP contribution in [0.15, 0.2) is 73.1 Å². The largest absolute Gasteiger partial charge is 0.431 e. The average Bonchev–Trinajstić information content (AvgIpc) is 2.68. The van der Waals surface area contributed by atoms with E-state index in [0.29, 0.717) is 12.0 Å². The lowest BCUT2D eigenvalue weighted by atomic mass is 9.86. The van der Waals surface area contributed by atoms with Crippen molar-refractivity contribution in [1.82, 2.24) is 4.98 Å². The minimum Gasteiger partial charge on any atom is -0.431 e. The normalized spacial score (nSPS) is 12.2. The number of pyridine rings is 1. The molecule has 0 saturated carbocycles. The Kier molecular flexibility index (Phi) is 6.47. The number of benzene rings is 2. The first-order valence-corrected chi connectivity index (χ1v) is 8.50. The van der Waals surface area contributed by atoms with Crippen molar-refractivity contribution >= 4 is 0 Å². The van der Waals surface area contributed by atoms with E-state index in [9.17, 15) is 17.6 Å². The highest BCUT2D eigenvalue weighted by Crippen LogP contribution is 2.36. The van der Waals surface area contributed by atoms with Gasteiger partial charge in [0, 0.05) is 18.3 Å². The molecule has 0 spiro atoms. The highest BCUT2D eigenvalue weighted by atomic mass is 19.3. The third-order valence-electron chi connectivity index (χ3n) is 4.19. The summed E-state index contributed by atoms with van der Waals surface area (Å²) in [6, 6.07) is 17.3. The van der Waals surface area contributed by atoms with Gasteiger partial charge in [0.05, 0.1) is 0 Å². The molecule has 1 atom stereocenters. The summed E-state index contributed by atoms with van der Waals surface area (Å²) in [5, 5.41) is 0. The van der Waals surface area contributed by atoms with Crippen LogP contribution in [-0.2, 0) is 6.42 Å². The van der Waals surface area contributed by atoms with Gasteiger partial charge in [-0.3, -0.25) is 4.98 Å². The molecule has 0 aliphatic heterocycles. The van der Waals surface area contributed by atoms with Gasteiger partial charge in [-0.05, 0) is 47.4 Å². The third kappa shape index (κ3) is 5.22. The third-order valence-corrected chi connectivity index (χ3v) is 4.19. The van der Waals surface area contributed by atoms with E-state index in [2.05, 4.69) is 14.5 Å². The molecule has 0 radical (unpaired) electrons. The van der Waals surface area contributed by atoms with Crippen LogP contribution < -0.4 is 9.47 Å². The van der Waals surface area contributed by atoms with Crippen molar-refractivity contribution in [2.45, 2.75) is 25.6 Å². The number of hydrogen-bond acceptors (Lipinski definition) is 3. The van der Waals surface area contributed by atoms with Crippen LogP contribution in [0.5, 0.6) is 11.5 Å². The summed E-state index contributed by atoms with van der Waals surface area (Å²) in [6.45, 7) is -6.31. The lowest BCUT2D eigenvalue weighted by Gasteiger charge is -2.20. The van der Waals surface area contributed by atoms with Crippen LogP contribution in [0.4, 0.5) is 17.6 Å². The average molecular weight is 391 g/mol. The fourth-order valence-corrected chi connectivity index (χ4v) is 2.99. The molecule has 0 amide bonds. The van der Waals surface area contributed by atoms with Crippen LogP contribution in [0.1, 0.15) is 22.6 Å². The Bertz CT molecular complexity index is 876. The fourth-order valence-electron chi connectivity index (χ4n) is 2.99. The number of hydrogen-bond donors (Lipinski definition) is 0. The number of halogens is 4. The lowest BCUT2D eigenvalue weighted by molar-refractivity contribution is -0.0692. The van der Waals surface area contributed by atoms with Gasteiger partial charge in [0.25, 0.3) is 0 Å². The molecule has 0 aliphatic rings. The van der Waals surface area contributed by atoms with Crippen molar-refractivity contribution < 1.29 is 27.0 Å². The Morgan fingerprint density at radius 3 is 2.00 bits per heavy atom. The zero-order valence-electron chi connectivity index (χ0n) is 14.6. The molecule has 0 bridgehead atoms. The van der Waals surface area contributed by atoms with Gasteiger partial charge < -0.3 is 9.47 Å². The second-order valence-corrected chi connectivity index (χ2v) is 5.99. The van der Waals surface area contributed by atoms with Crippen molar-refractivity contribution in [3.63, 3.8) is 0 Å². The highest BCUT2D eigenvalue weighted by Gasteiger charge is 2.20. The van der Waals surface area contributed by atoms with Crippen LogP contribution in [-0.4, -0.2) is 18.2 Å². The summed E-state index contributed by atoms with van der Waals surface area (Å²) >= 11 is 0. The maximum atomic E-state index is 12.8. The first-order valence-electron chi connectivity index (χ1n) is 8.50. The molecule has 0 aliphatic carbocycles. The summed E-state index contributed by atoms with van der Waals surface area (Å²) in [7, 11) is 0. The van der Waals surface area contributed by atoms with Gasteiger partial charge in [-0.2, -0.15) is 17.6 Å². The zero-order valence-corrected chi connectivity index (χ0v) is 14.6. The van der Waals surface area contributed by atoms with E-state index in [4.69, 9.17) is 0 Å². The molecule has 3 nitrogen and oxygen atoms in total. The van der Waals surface area contributed by atoms with Crippen LogP contribution in [0, 0.1) is 0 Å². The molecule has 3 aromatic rings. The van der Waals surface area contributed by atoms with Gasteiger partial charge >= 0.3 is 13.2 Å². The molecule has 0 N–H and O–H groups in total. The molecule has 1 heterocycles. The summed E-state index contributed by atoms with van der Waals surface area (Å²) in [4.78, 5) is 3.99. The smallest absolute Gasteiger partial charge is 0.387 e. The van der Waals surface area contributed by atoms with Crippen LogP contribution in [0.25, 0.3) is 0 Å². The summed E-state index contributed by atoms with van der Waals surface area (Å²) in [6.07, 6.45) is 3.90. The number of alkyl halides is 4.